The van der Waals surface area contributed by atoms with Gasteiger partial charge in [0, 0.05) is 18.8 Å². The number of hydrogen-bond donors (Lipinski definition) is 2. The van der Waals surface area contributed by atoms with Gasteiger partial charge in [0.15, 0.2) is 5.65 Å². The van der Waals surface area contributed by atoms with Gasteiger partial charge >= 0.3 is 0 Å². The van der Waals surface area contributed by atoms with Gasteiger partial charge in [0.25, 0.3) is 0 Å². The van der Waals surface area contributed by atoms with Crippen LogP contribution in [0.15, 0.2) is 24.5 Å². The fourth-order valence-electron chi connectivity index (χ4n) is 3.63. The van der Waals surface area contributed by atoms with Gasteiger partial charge in [0.05, 0.1) is 44.2 Å². The number of ether oxygens (including phenoxy) is 2. The van der Waals surface area contributed by atoms with Crippen molar-refractivity contribution in [3.8, 4) is 17.1 Å². The Balaban J connectivity index is 1.49. The van der Waals surface area contributed by atoms with E-state index in [-0.39, 0.29) is 12.0 Å². The molecule has 2 N–H and O–H groups in total. The van der Waals surface area contributed by atoms with Crippen LogP contribution in [0.4, 0.5) is 10.3 Å². The number of fused-ring (bicyclic) bond motifs is 1. The highest BCUT2D eigenvalue weighted by Crippen LogP contribution is 2.32. The Morgan fingerprint density at radius 2 is 2.24 bits per heavy atom. The van der Waals surface area contributed by atoms with Gasteiger partial charge in [0.2, 0.25) is 5.95 Å². The number of methoxy groups -OCH3 is 1. The molecule has 2 saturated heterocycles. The van der Waals surface area contributed by atoms with E-state index in [1.807, 2.05) is 6.07 Å². The van der Waals surface area contributed by atoms with E-state index in [1.54, 1.807) is 30.1 Å². The normalized spacial score (nSPS) is 22.4. The second-order valence-electron chi connectivity index (χ2n) is 7.27. The average molecular weight is 399 g/mol. The fourth-order valence-corrected chi connectivity index (χ4v) is 3.63. The number of aromatic nitrogens is 5. The lowest BCUT2D eigenvalue weighted by atomic mass is 10.0. The smallest absolute Gasteiger partial charge is 0.223 e. The maximum absolute atomic E-state index is 14.1. The summed E-state index contributed by atoms with van der Waals surface area (Å²) < 4.78 is 26.7. The Labute approximate surface area is 166 Å². The summed E-state index contributed by atoms with van der Waals surface area (Å²) in [5.41, 5.74) is 2.89. The number of imidazole rings is 1. The van der Waals surface area contributed by atoms with Gasteiger partial charge in [0.1, 0.15) is 23.3 Å². The maximum atomic E-state index is 14.1. The van der Waals surface area contributed by atoms with E-state index in [0.717, 1.165) is 11.4 Å². The average Bonchev–Trinajstić information content (AvgIpc) is 3.11. The molecule has 2 aliphatic heterocycles. The van der Waals surface area contributed by atoms with E-state index >= 15 is 0 Å². The Kier molecular flexibility index (Phi) is 4.72. The summed E-state index contributed by atoms with van der Waals surface area (Å²) in [5.74, 6) is 1.29. The van der Waals surface area contributed by atoms with Crippen molar-refractivity contribution in [1.29, 1.82) is 0 Å². The lowest BCUT2D eigenvalue weighted by molar-refractivity contribution is 0.00530. The Bertz CT molecular complexity index is 1020. The highest BCUT2D eigenvalue weighted by Gasteiger charge is 2.28. The first-order chi connectivity index (χ1) is 14.2. The number of hydrogen-bond acceptors (Lipinski definition) is 8. The molecule has 0 radical (unpaired) electrons. The molecule has 0 unspecified atom stereocenters. The number of rotatable bonds is 5. The van der Waals surface area contributed by atoms with Crippen molar-refractivity contribution in [3.63, 3.8) is 0 Å². The standard InChI is InChI=1S/C19H22FN7O2/c1-28-16-6-17-23-8-15(27(17)26-18(16)11-9-29-10-11)13-3-5-22-19(24-13)25-14-7-21-4-2-12(14)20/h3,5-6,8,11-12,14,21H,2,4,7,9-10H2,1H3,(H,22,24,25)/t12-,14-/m0/s1. The summed E-state index contributed by atoms with van der Waals surface area (Å²) >= 11 is 0. The molecule has 2 atom stereocenters. The molecule has 0 spiro atoms. The number of alkyl halides is 1. The molecule has 2 fully saturated rings. The van der Waals surface area contributed by atoms with Crippen molar-refractivity contribution in [3.05, 3.63) is 30.2 Å². The fraction of sp³-hybridized carbons (Fsp3) is 0.474. The number of nitrogens with zero attached hydrogens (tertiary/aromatic N) is 5. The van der Waals surface area contributed by atoms with E-state index in [9.17, 15) is 4.39 Å². The number of halogens is 1. The Morgan fingerprint density at radius 3 is 3.00 bits per heavy atom. The molecule has 0 amide bonds. The molecule has 10 heteroatoms. The zero-order chi connectivity index (χ0) is 19.8. The quantitative estimate of drug-likeness (QED) is 0.665. The first-order valence-corrected chi connectivity index (χ1v) is 9.68. The van der Waals surface area contributed by atoms with E-state index in [2.05, 4.69) is 25.6 Å². The highest BCUT2D eigenvalue weighted by molar-refractivity contribution is 5.61. The summed E-state index contributed by atoms with van der Waals surface area (Å²) in [5, 5.41) is 11.0. The third kappa shape index (κ3) is 3.38. The third-order valence-corrected chi connectivity index (χ3v) is 5.36. The summed E-state index contributed by atoms with van der Waals surface area (Å²) in [7, 11) is 1.63. The monoisotopic (exact) mass is 399 g/mol. The predicted octanol–water partition coefficient (Wildman–Crippen LogP) is 1.42. The topological polar surface area (TPSA) is 98.5 Å². The number of piperidine rings is 1. The minimum absolute atomic E-state index is 0.201. The van der Waals surface area contributed by atoms with Crippen LogP contribution in [0.2, 0.25) is 0 Å². The third-order valence-electron chi connectivity index (χ3n) is 5.36. The molecule has 3 aromatic rings. The van der Waals surface area contributed by atoms with Crippen molar-refractivity contribution >= 4 is 11.6 Å². The maximum Gasteiger partial charge on any atom is 0.223 e. The van der Waals surface area contributed by atoms with Crippen LogP contribution in [-0.2, 0) is 4.74 Å². The minimum Gasteiger partial charge on any atom is -0.495 e. The second kappa shape index (κ2) is 7.53. The molecule has 0 aliphatic carbocycles. The highest BCUT2D eigenvalue weighted by atomic mass is 19.1. The molecule has 152 valence electrons. The van der Waals surface area contributed by atoms with Crippen LogP contribution in [0.1, 0.15) is 18.0 Å². The van der Waals surface area contributed by atoms with Gasteiger partial charge in [-0.1, -0.05) is 0 Å². The molecule has 0 saturated carbocycles. The molecule has 5 heterocycles. The summed E-state index contributed by atoms with van der Waals surface area (Å²) in [6.07, 6.45) is 2.91. The van der Waals surface area contributed by atoms with Crippen molar-refractivity contribution in [2.75, 3.05) is 38.7 Å². The lowest BCUT2D eigenvalue weighted by Gasteiger charge is -2.27. The SMILES string of the molecule is COc1cc2ncc(-c3ccnc(N[C@H]4CNCC[C@@H]4F)n3)n2nc1C1COC1. The Hall–Kier alpha value is -2.85. The first kappa shape index (κ1) is 18.2. The van der Waals surface area contributed by atoms with Crippen LogP contribution in [0, 0.1) is 0 Å². The molecule has 0 bridgehead atoms. The van der Waals surface area contributed by atoms with Crippen LogP contribution in [-0.4, -0.2) is 70.2 Å². The van der Waals surface area contributed by atoms with Crippen LogP contribution >= 0.6 is 0 Å². The molecule has 2 aliphatic rings. The van der Waals surface area contributed by atoms with Crippen molar-refractivity contribution < 1.29 is 13.9 Å². The van der Waals surface area contributed by atoms with Gasteiger partial charge < -0.3 is 20.1 Å². The van der Waals surface area contributed by atoms with Crippen molar-refractivity contribution in [1.82, 2.24) is 29.9 Å². The van der Waals surface area contributed by atoms with Gasteiger partial charge in [-0.15, -0.1) is 0 Å². The molecule has 29 heavy (non-hydrogen) atoms. The second-order valence-corrected chi connectivity index (χ2v) is 7.27. The lowest BCUT2D eigenvalue weighted by Crippen LogP contribution is -2.46. The number of anilines is 1. The predicted molar refractivity (Wildman–Crippen MR) is 104 cm³/mol. The van der Waals surface area contributed by atoms with E-state index in [4.69, 9.17) is 14.6 Å². The zero-order valence-electron chi connectivity index (χ0n) is 16.0. The first-order valence-electron chi connectivity index (χ1n) is 9.68. The summed E-state index contributed by atoms with van der Waals surface area (Å²) in [6.45, 7) is 2.48. The largest absolute Gasteiger partial charge is 0.495 e. The van der Waals surface area contributed by atoms with Gasteiger partial charge in [-0.05, 0) is 19.0 Å². The Morgan fingerprint density at radius 1 is 1.34 bits per heavy atom. The van der Waals surface area contributed by atoms with E-state index in [1.165, 1.54) is 0 Å². The van der Waals surface area contributed by atoms with Crippen molar-refractivity contribution in [2.45, 2.75) is 24.6 Å². The molecular weight excluding hydrogens is 377 g/mol. The molecular formula is C19H22FN7O2. The minimum atomic E-state index is -0.930. The van der Waals surface area contributed by atoms with Crippen molar-refractivity contribution in [2.24, 2.45) is 0 Å². The van der Waals surface area contributed by atoms with Gasteiger partial charge in [-0.2, -0.15) is 5.10 Å². The van der Waals surface area contributed by atoms with E-state index in [0.29, 0.717) is 55.8 Å². The summed E-state index contributed by atoms with van der Waals surface area (Å²) in [4.78, 5) is 13.3. The van der Waals surface area contributed by atoms with Gasteiger partial charge in [-0.25, -0.2) is 23.9 Å². The van der Waals surface area contributed by atoms with E-state index < -0.39 is 6.17 Å². The molecule has 5 rings (SSSR count). The van der Waals surface area contributed by atoms with Crippen LogP contribution < -0.4 is 15.4 Å². The number of nitrogens with one attached hydrogen (secondary N) is 2. The van der Waals surface area contributed by atoms with Crippen LogP contribution in [0.3, 0.4) is 0 Å². The van der Waals surface area contributed by atoms with Crippen LogP contribution in [0.25, 0.3) is 17.0 Å². The van der Waals surface area contributed by atoms with Crippen LogP contribution in [0.5, 0.6) is 5.75 Å². The van der Waals surface area contributed by atoms with Gasteiger partial charge in [-0.3, -0.25) is 0 Å². The molecule has 3 aromatic heterocycles. The zero-order valence-corrected chi connectivity index (χ0v) is 16.0. The summed E-state index contributed by atoms with van der Waals surface area (Å²) in [6, 6.07) is 3.30. The molecule has 0 aromatic carbocycles. The molecule has 9 nitrogen and oxygen atoms in total.